The fraction of sp³-hybridized carbons (Fsp3) is 0.167. The van der Waals surface area contributed by atoms with Crippen LogP contribution in [0.15, 0.2) is 57.4 Å². The van der Waals surface area contributed by atoms with Crippen molar-refractivity contribution >= 4 is 32.8 Å². The molecule has 1 unspecified atom stereocenters. The fourth-order valence-corrected chi connectivity index (χ4v) is 3.06. The zero-order valence-corrected chi connectivity index (χ0v) is 14.2. The Hall–Kier alpha value is -2.47. The largest absolute Gasteiger partial charge is 0.486 e. The zero-order chi connectivity index (χ0) is 16.5. The lowest BCUT2D eigenvalue weighted by molar-refractivity contribution is 0.0774. The topological polar surface area (TPSA) is 60.7 Å². The summed E-state index contributed by atoms with van der Waals surface area (Å²) < 4.78 is 17.9. The Morgan fingerprint density at radius 3 is 2.83 bits per heavy atom. The van der Waals surface area contributed by atoms with Gasteiger partial charge in [-0.3, -0.25) is 4.79 Å². The molecule has 1 aliphatic heterocycles. The average molecular weight is 388 g/mol. The Kier molecular flexibility index (Phi) is 3.90. The summed E-state index contributed by atoms with van der Waals surface area (Å²) in [6, 6.07) is 14.9. The van der Waals surface area contributed by atoms with Crippen LogP contribution < -0.4 is 14.8 Å². The molecule has 2 aromatic carbocycles. The Morgan fingerprint density at radius 1 is 1.17 bits per heavy atom. The summed E-state index contributed by atoms with van der Waals surface area (Å²) in [5.74, 6) is 1.41. The molecule has 0 spiro atoms. The van der Waals surface area contributed by atoms with Crippen molar-refractivity contribution in [1.29, 1.82) is 0 Å². The number of furan rings is 1. The monoisotopic (exact) mass is 387 g/mol. The lowest BCUT2D eigenvalue weighted by Crippen LogP contribution is -2.40. The number of rotatable bonds is 3. The molecule has 1 aliphatic rings. The van der Waals surface area contributed by atoms with Crippen LogP contribution in [0.4, 0.5) is 0 Å². The highest BCUT2D eigenvalue weighted by Crippen LogP contribution is 2.31. The van der Waals surface area contributed by atoms with Crippen molar-refractivity contribution in [3.05, 3.63) is 58.8 Å². The Labute approximate surface area is 146 Å². The van der Waals surface area contributed by atoms with E-state index in [2.05, 4.69) is 21.2 Å². The van der Waals surface area contributed by atoms with Gasteiger partial charge in [-0.25, -0.2) is 0 Å². The maximum Gasteiger partial charge on any atom is 0.287 e. The van der Waals surface area contributed by atoms with Gasteiger partial charge < -0.3 is 19.2 Å². The second-order valence-corrected chi connectivity index (χ2v) is 6.33. The number of carbonyl (C=O) groups excluding carboxylic acids is 1. The number of benzene rings is 2. The summed E-state index contributed by atoms with van der Waals surface area (Å²) in [7, 11) is 0. The highest BCUT2D eigenvalue weighted by Gasteiger charge is 2.22. The first-order valence-corrected chi connectivity index (χ1v) is 8.35. The number of para-hydroxylation sites is 3. The Morgan fingerprint density at radius 2 is 2.00 bits per heavy atom. The van der Waals surface area contributed by atoms with Crippen molar-refractivity contribution in [2.45, 2.75) is 6.10 Å². The second kappa shape index (κ2) is 6.20. The van der Waals surface area contributed by atoms with Gasteiger partial charge in [0, 0.05) is 5.39 Å². The van der Waals surface area contributed by atoms with E-state index in [1.54, 1.807) is 6.07 Å². The molecular weight excluding hydrogens is 374 g/mol. The number of nitrogens with one attached hydrogen (secondary N) is 1. The molecular formula is C18H14BrNO4. The van der Waals surface area contributed by atoms with Gasteiger partial charge >= 0.3 is 0 Å². The van der Waals surface area contributed by atoms with Gasteiger partial charge in [-0.05, 0) is 40.2 Å². The number of amides is 1. The van der Waals surface area contributed by atoms with E-state index in [0.717, 1.165) is 15.6 Å². The van der Waals surface area contributed by atoms with E-state index in [-0.39, 0.29) is 17.8 Å². The molecule has 0 radical (unpaired) electrons. The first-order valence-electron chi connectivity index (χ1n) is 7.55. The van der Waals surface area contributed by atoms with Crippen LogP contribution >= 0.6 is 15.9 Å². The smallest absolute Gasteiger partial charge is 0.287 e. The Balaban J connectivity index is 1.42. The molecule has 0 saturated carbocycles. The maximum absolute atomic E-state index is 12.3. The van der Waals surface area contributed by atoms with Crippen molar-refractivity contribution in [2.24, 2.45) is 0 Å². The van der Waals surface area contributed by atoms with Gasteiger partial charge in [0.1, 0.15) is 18.3 Å². The molecule has 2 heterocycles. The average Bonchev–Trinajstić information content (AvgIpc) is 3.05. The molecule has 0 fully saturated rings. The standard InChI is InChI=1S/C18H14BrNO4/c19-13-5-3-4-11-8-16(24-17(11)13)18(21)20-9-12-10-22-14-6-1-2-7-15(14)23-12/h1-8,12H,9-10H2,(H,20,21). The predicted molar refractivity (Wildman–Crippen MR) is 92.6 cm³/mol. The van der Waals surface area contributed by atoms with Crippen LogP contribution in [-0.4, -0.2) is 25.2 Å². The highest BCUT2D eigenvalue weighted by molar-refractivity contribution is 9.10. The summed E-state index contributed by atoms with van der Waals surface area (Å²) >= 11 is 3.41. The van der Waals surface area contributed by atoms with Crippen molar-refractivity contribution in [3.8, 4) is 11.5 Å². The van der Waals surface area contributed by atoms with Crippen molar-refractivity contribution in [2.75, 3.05) is 13.2 Å². The van der Waals surface area contributed by atoms with Gasteiger partial charge in [0.25, 0.3) is 5.91 Å². The molecule has 1 aromatic heterocycles. The molecule has 0 saturated heterocycles. The summed E-state index contributed by atoms with van der Waals surface area (Å²) in [6.45, 7) is 0.731. The van der Waals surface area contributed by atoms with E-state index in [4.69, 9.17) is 13.9 Å². The molecule has 5 nitrogen and oxygen atoms in total. The van der Waals surface area contributed by atoms with Crippen LogP contribution in [0, 0.1) is 0 Å². The molecule has 1 N–H and O–H groups in total. The predicted octanol–water partition coefficient (Wildman–Crippen LogP) is 3.77. The van der Waals surface area contributed by atoms with E-state index >= 15 is 0 Å². The van der Waals surface area contributed by atoms with Crippen molar-refractivity contribution in [3.63, 3.8) is 0 Å². The molecule has 1 amide bonds. The van der Waals surface area contributed by atoms with Gasteiger partial charge in [0.05, 0.1) is 11.0 Å². The fourth-order valence-electron chi connectivity index (χ4n) is 2.60. The molecule has 24 heavy (non-hydrogen) atoms. The SMILES string of the molecule is O=C(NCC1COc2ccccc2O1)c1cc2cccc(Br)c2o1. The molecule has 122 valence electrons. The van der Waals surface area contributed by atoms with E-state index in [9.17, 15) is 4.79 Å². The highest BCUT2D eigenvalue weighted by atomic mass is 79.9. The van der Waals surface area contributed by atoms with Crippen molar-refractivity contribution < 1.29 is 18.7 Å². The number of halogens is 1. The third-order valence-electron chi connectivity index (χ3n) is 3.78. The van der Waals surface area contributed by atoms with Gasteiger partial charge in [-0.2, -0.15) is 0 Å². The normalized spacial score (nSPS) is 16.1. The van der Waals surface area contributed by atoms with Gasteiger partial charge in [-0.15, -0.1) is 0 Å². The maximum atomic E-state index is 12.3. The van der Waals surface area contributed by atoms with Crippen molar-refractivity contribution in [1.82, 2.24) is 5.32 Å². The molecule has 4 rings (SSSR count). The van der Waals surface area contributed by atoms with E-state index < -0.39 is 0 Å². The molecule has 6 heteroatoms. The minimum atomic E-state index is -0.277. The number of ether oxygens (including phenoxy) is 2. The third-order valence-corrected chi connectivity index (χ3v) is 4.40. The van der Waals surface area contributed by atoms with E-state index in [0.29, 0.717) is 24.5 Å². The zero-order valence-electron chi connectivity index (χ0n) is 12.6. The molecule has 3 aromatic rings. The molecule has 0 bridgehead atoms. The lowest BCUT2D eigenvalue weighted by Gasteiger charge is -2.26. The van der Waals surface area contributed by atoms with Crippen LogP contribution in [0.2, 0.25) is 0 Å². The first kappa shape index (κ1) is 15.1. The number of hydrogen-bond donors (Lipinski definition) is 1. The summed E-state index contributed by atoms with van der Waals surface area (Å²) in [5.41, 5.74) is 0.661. The van der Waals surface area contributed by atoms with Gasteiger partial charge in [-0.1, -0.05) is 24.3 Å². The lowest BCUT2D eigenvalue weighted by atomic mass is 10.2. The van der Waals surface area contributed by atoms with E-state index in [1.165, 1.54) is 0 Å². The minimum Gasteiger partial charge on any atom is -0.486 e. The summed E-state index contributed by atoms with van der Waals surface area (Å²) in [6.07, 6.45) is -0.236. The molecule has 1 atom stereocenters. The summed E-state index contributed by atoms with van der Waals surface area (Å²) in [5, 5.41) is 3.70. The second-order valence-electron chi connectivity index (χ2n) is 5.48. The summed E-state index contributed by atoms with van der Waals surface area (Å²) in [4.78, 5) is 12.3. The van der Waals surface area contributed by atoms with Crippen LogP contribution in [0.3, 0.4) is 0 Å². The van der Waals surface area contributed by atoms with Crippen LogP contribution in [0.25, 0.3) is 11.0 Å². The van der Waals surface area contributed by atoms with Crippen LogP contribution in [-0.2, 0) is 0 Å². The van der Waals surface area contributed by atoms with E-state index in [1.807, 2.05) is 42.5 Å². The Bertz CT molecular complexity index is 905. The quantitative estimate of drug-likeness (QED) is 0.742. The van der Waals surface area contributed by atoms with Crippen LogP contribution in [0.5, 0.6) is 11.5 Å². The van der Waals surface area contributed by atoms with Gasteiger partial charge in [0.15, 0.2) is 17.3 Å². The number of fused-ring (bicyclic) bond motifs is 2. The van der Waals surface area contributed by atoms with Gasteiger partial charge in [0.2, 0.25) is 0 Å². The molecule has 0 aliphatic carbocycles. The number of carbonyl (C=O) groups is 1. The first-order chi connectivity index (χ1) is 11.7. The minimum absolute atomic E-state index is 0.236. The number of hydrogen-bond acceptors (Lipinski definition) is 4. The van der Waals surface area contributed by atoms with Crippen LogP contribution in [0.1, 0.15) is 10.6 Å². The third kappa shape index (κ3) is 2.85.